The Balaban J connectivity index is 1.57. The number of alkyl halides is 3. The highest BCUT2D eigenvalue weighted by Gasteiger charge is 2.37. The molecule has 2 fully saturated rings. The van der Waals surface area contributed by atoms with Gasteiger partial charge in [0.15, 0.2) is 0 Å². The quantitative estimate of drug-likeness (QED) is 0.858. The van der Waals surface area contributed by atoms with Gasteiger partial charge in [-0.25, -0.2) is 4.79 Å². The molecule has 11 heteroatoms. The van der Waals surface area contributed by atoms with E-state index in [1.54, 1.807) is 0 Å². The van der Waals surface area contributed by atoms with Gasteiger partial charge in [-0.1, -0.05) is 11.3 Å². The maximum atomic E-state index is 12.3. The summed E-state index contributed by atoms with van der Waals surface area (Å²) in [4.78, 5) is 25.4. The lowest BCUT2D eigenvalue weighted by Crippen LogP contribution is -2.49. The van der Waals surface area contributed by atoms with Gasteiger partial charge in [0.2, 0.25) is 11.0 Å². The number of halogens is 3. The van der Waals surface area contributed by atoms with Crippen LogP contribution >= 0.6 is 11.3 Å². The van der Waals surface area contributed by atoms with Crippen LogP contribution in [-0.4, -0.2) is 52.3 Å². The van der Waals surface area contributed by atoms with Gasteiger partial charge in [-0.15, -0.1) is 10.2 Å². The number of carbonyl (C=O) groups excluding carboxylic acids is 2. The number of hydrogen-bond acceptors (Lipinski definition) is 5. The average molecular weight is 363 g/mol. The first-order valence-corrected chi connectivity index (χ1v) is 8.40. The van der Waals surface area contributed by atoms with Crippen molar-refractivity contribution in [2.45, 2.75) is 43.8 Å². The van der Waals surface area contributed by atoms with E-state index in [9.17, 15) is 22.8 Å². The van der Waals surface area contributed by atoms with Crippen molar-refractivity contribution < 1.29 is 22.8 Å². The second kappa shape index (κ2) is 6.54. The molecule has 1 aliphatic carbocycles. The molecule has 0 bridgehead atoms. The van der Waals surface area contributed by atoms with Crippen molar-refractivity contribution in [1.29, 1.82) is 0 Å². The summed E-state index contributed by atoms with van der Waals surface area (Å²) >= 11 is 1.28. The van der Waals surface area contributed by atoms with Gasteiger partial charge in [0.25, 0.3) is 0 Å². The minimum absolute atomic E-state index is 0.310. The number of nitrogens with one attached hydrogen (secondary N) is 2. The molecule has 0 spiro atoms. The van der Waals surface area contributed by atoms with Gasteiger partial charge in [0.05, 0.1) is 0 Å². The Bertz CT molecular complexity index is 631. The molecule has 0 aromatic carbocycles. The molecule has 7 nitrogen and oxygen atoms in total. The molecule has 1 saturated heterocycles. The lowest BCUT2D eigenvalue weighted by molar-refractivity contribution is -0.140. The van der Waals surface area contributed by atoms with Crippen LogP contribution in [0.1, 0.15) is 36.6 Å². The maximum absolute atomic E-state index is 12.3. The molecule has 3 rings (SSSR count). The van der Waals surface area contributed by atoms with Crippen molar-refractivity contribution in [3.63, 3.8) is 0 Å². The summed E-state index contributed by atoms with van der Waals surface area (Å²) in [6.07, 6.45) is -1.46. The zero-order valence-electron chi connectivity index (χ0n) is 12.6. The predicted molar refractivity (Wildman–Crippen MR) is 79.7 cm³/mol. The third-order valence-corrected chi connectivity index (χ3v) is 4.86. The fourth-order valence-electron chi connectivity index (χ4n) is 2.53. The van der Waals surface area contributed by atoms with Crippen LogP contribution in [0.4, 0.5) is 23.1 Å². The highest BCUT2D eigenvalue weighted by Crippen LogP contribution is 2.42. The monoisotopic (exact) mass is 363 g/mol. The predicted octanol–water partition coefficient (Wildman–Crippen LogP) is 2.09. The Hall–Kier alpha value is -1.91. The highest BCUT2D eigenvalue weighted by molar-refractivity contribution is 7.15. The fourth-order valence-corrected chi connectivity index (χ4v) is 3.43. The molecule has 1 saturated carbocycles. The molecule has 1 aromatic rings. The third kappa shape index (κ3) is 4.13. The van der Waals surface area contributed by atoms with E-state index in [1.807, 2.05) is 5.32 Å². The number of rotatable bonds is 4. The lowest BCUT2D eigenvalue weighted by atomic mass is 10.2. The summed E-state index contributed by atoms with van der Waals surface area (Å²) in [5.74, 6) is -0.378. The Kier molecular flexibility index (Phi) is 4.61. The largest absolute Gasteiger partial charge is 0.405 e. The van der Waals surface area contributed by atoms with E-state index >= 15 is 0 Å². The van der Waals surface area contributed by atoms with Crippen LogP contribution in [0.5, 0.6) is 0 Å². The first-order valence-electron chi connectivity index (χ1n) is 7.59. The Morgan fingerprint density at radius 2 is 2.00 bits per heavy atom. The van der Waals surface area contributed by atoms with Gasteiger partial charge in [0.1, 0.15) is 17.6 Å². The molecular formula is C13H16F3N5O2S. The zero-order valence-corrected chi connectivity index (χ0v) is 13.4. The number of amides is 3. The maximum Gasteiger partial charge on any atom is 0.405 e. The van der Waals surface area contributed by atoms with Gasteiger partial charge < -0.3 is 10.2 Å². The van der Waals surface area contributed by atoms with Crippen LogP contribution in [0.3, 0.4) is 0 Å². The van der Waals surface area contributed by atoms with E-state index in [1.165, 1.54) is 16.2 Å². The molecular weight excluding hydrogens is 347 g/mol. The van der Waals surface area contributed by atoms with Crippen LogP contribution in [0, 0.1) is 0 Å². The number of nitrogens with zero attached hydrogens (tertiary/aromatic N) is 3. The zero-order chi connectivity index (χ0) is 17.3. The average Bonchev–Trinajstić information content (AvgIpc) is 3.06. The minimum Gasteiger partial charge on any atom is -0.345 e. The van der Waals surface area contributed by atoms with Gasteiger partial charge in [-0.2, -0.15) is 13.2 Å². The smallest absolute Gasteiger partial charge is 0.345 e. The topological polar surface area (TPSA) is 87.2 Å². The summed E-state index contributed by atoms with van der Waals surface area (Å²) in [6, 6.07) is -1.44. The van der Waals surface area contributed by atoms with Gasteiger partial charge >= 0.3 is 12.2 Å². The molecule has 0 radical (unpaired) electrons. The van der Waals surface area contributed by atoms with Crippen molar-refractivity contribution in [1.82, 2.24) is 20.4 Å². The van der Waals surface area contributed by atoms with Gasteiger partial charge in [-0.3, -0.25) is 10.1 Å². The van der Waals surface area contributed by atoms with Crippen LogP contribution < -0.4 is 10.6 Å². The minimum atomic E-state index is -4.48. The summed E-state index contributed by atoms with van der Waals surface area (Å²) in [7, 11) is 0. The summed E-state index contributed by atoms with van der Waals surface area (Å²) < 4.78 is 36.6. The van der Waals surface area contributed by atoms with Crippen molar-refractivity contribution in [3.05, 3.63) is 5.01 Å². The lowest BCUT2D eigenvalue weighted by Gasteiger charge is -2.23. The summed E-state index contributed by atoms with van der Waals surface area (Å²) in [6.45, 7) is -1.09. The van der Waals surface area contributed by atoms with E-state index in [4.69, 9.17) is 0 Å². The Morgan fingerprint density at radius 1 is 1.25 bits per heavy atom. The number of hydrogen-bond donors (Lipinski definition) is 2. The second-order valence-corrected chi connectivity index (χ2v) is 6.84. The molecule has 2 aliphatic rings. The number of urea groups is 1. The number of aromatic nitrogens is 2. The van der Waals surface area contributed by atoms with E-state index < -0.39 is 30.7 Å². The second-order valence-electron chi connectivity index (χ2n) is 5.83. The van der Waals surface area contributed by atoms with Crippen LogP contribution in [0.15, 0.2) is 0 Å². The number of likely N-dealkylation sites (tertiary alicyclic amines) is 1. The van der Waals surface area contributed by atoms with E-state index in [0.29, 0.717) is 30.4 Å². The number of anilines is 1. The molecule has 1 atom stereocenters. The molecule has 1 unspecified atom stereocenters. The van der Waals surface area contributed by atoms with E-state index in [-0.39, 0.29) is 0 Å². The van der Waals surface area contributed by atoms with Crippen molar-refractivity contribution in [2.24, 2.45) is 0 Å². The molecule has 1 aliphatic heterocycles. The number of carbonyl (C=O) groups is 2. The van der Waals surface area contributed by atoms with Crippen LogP contribution in [0.25, 0.3) is 0 Å². The first kappa shape index (κ1) is 16.9. The Labute approximate surface area is 139 Å². The van der Waals surface area contributed by atoms with E-state index in [2.05, 4.69) is 15.5 Å². The van der Waals surface area contributed by atoms with E-state index in [0.717, 1.165) is 17.8 Å². The fraction of sp³-hybridized carbons (Fsp3) is 0.692. The third-order valence-electron chi connectivity index (χ3n) is 3.86. The first-order chi connectivity index (χ1) is 11.3. The SMILES string of the molecule is O=C(NCC(F)(F)F)C1CCCN1C(=O)Nc1nnc(C2CC2)s1. The highest BCUT2D eigenvalue weighted by atomic mass is 32.1. The molecule has 2 heterocycles. The normalized spacial score (nSPS) is 21.0. The summed E-state index contributed by atoms with van der Waals surface area (Å²) in [5, 5.41) is 13.5. The van der Waals surface area contributed by atoms with Crippen molar-refractivity contribution in [3.8, 4) is 0 Å². The standard InChI is InChI=1S/C13H16F3N5O2S/c14-13(15,16)6-17-9(22)8-2-1-5-21(8)12(23)18-11-20-19-10(24-11)7-3-4-7/h7-8H,1-6H2,(H,17,22)(H,18,20,23). The molecule has 24 heavy (non-hydrogen) atoms. The molecule has 3 amide bonds. The molecule has 2 N–H and O–H groups in total. The molecule has 1 aromatic heterocycles. The van der Waals surface area contributed by atoms with Crippen molar-refractivity contribution in [2.75, 3.05) is 18.4 Å². The van der Waals surface area contributed by atoms with Gasteiger partial charge in [-0.05, 0) is 25.7 Å². The van der Waals surface area contributed by atoms with Crippen LogP contribution in [-0.2, 0) is 4.79 Å². The van der Waals surface area contributed by atoms with Crippen molar-refractivity contribution >= 4 is 28.4 Å². The van der Waals surface area contributed by atoms with Gasteiger partial charge in [0, 0.05) is 12.5 Å². The summed E-state index contributed by atoms with van der Waals surface area (Å²) in [5.41, 5.74) is 0. The molecule has 132 valence electrons. The van der Waals surface area contributed by atoms with Crippen LogP contribution in [0.2, 0.25) is 0 Å². The Morgan fingerprint density at radius 3 is 2.67 bits per heavy atom.